The van der Waals surface area contributed by atoms with Gasteiger partial charge in [0.1, 0.15) is 6.61 Å². The van der Waals surface area contributed by atoms with Crippen LogP contribution < -0.4 is 9.47 Å². The summed E-state index contributed by atoms with van der Waals surface area (Å²) >= 11 is 0. The van der Waals surface area contributed by atoms with Gasteiger partial charge in [0.25, 0.3) is 0 Å². The molecule has 0 radical (unpaired) electrons. The van der Waals surface area contributed by atoms with E-state index in [2.05, 4.69) is 5.16 Å². The zero-order valence-corrected chi connectivity index (χ0v) is 11.2. The molecule has 2 aromatic rings. The molecule has 2 heterocycles. The number of aromatic carboxylic acids is 1. The van der Waals surface area contributed by atoms with E-state index in [-0.39, 0.29) is 18.1 Å². The third-order valence-electron chi connectivity index (χ3n) is 3.15. The van der Waals surface area contributed by atoms with Crippen molar-refractivity contribution in [2.24, 2.45) is 0 Å². The van der Waals surface area contributed by atoms with Gasteiger partial charge in [-0.05, 0) is 12.1 Å². The summed E-state index contributed by atoms with van der Waals surface area (Å²) in [5.74, 6) is 0.384. The maximum absolute atomic E-state index is 10.8. The molecule has 0 spiro atoms. The van der Waals surface area contributed by atoms with E-state index in [1.807, 2.05) is 18.2 Å². The van der Waals surface area contributed by atoms with Crippen LogP contribution in [0.3, 0.4) is 0 Å². The Labute approximate surface area is 120 Å². The maximum atomic E-state index is 10.8. The first-order valence-electron chi connectivity index (χ1n) is 6.30. The van der Waals surface area contributed by atoms with Crippen LogP contribution in [-0.4, -0.2) is 36.1 Å². The van der Waals surface area contributed by atoms with Crippen molar-refractivity contribution in [1.82, 2.24) is 5.16 Å². The molecule has 2 atom stereocenters. The van der Waals surface area contributed by atoms with Crippen molar-refractivity contribution in [3.63, 3.8) is 0 Å². The van der Waals surface area contributed by atoms with Crippen LogP contribution in [0.2, 0.25) is 0 Å². The molecule has 0 saturated heterocycles. The average Bonchev–Trinajstić information content (AvgIpc) is 2.98. The van der Waals surface area contributed by atoms with Crippen LogP contribution >= 0.6 is 0 Å². The predicted octanol–water partition coefficient (Wildman–Crippen LogP) is 1.90. The van der Waals surface area contributed by atoms with Gasteiger partial charge in [0.15, 0.2) is 35.2 Å². The monoisotopic (exact) mass is 291 g/mol. The van der Waals surface area contributed by atoms with Crippen LogP contribution in [0.1, 0.15) is 22.4 Å². The summed E-state index contributed by atoms with van der Waals surface area (Å²) in [4.78, 5) is 10.8. The number of fused-ring (bicyclic) bond motifs is 1. The SMILES string of the molecule is COC(c1cc(C(=O)O)no1)C1COc2ccccc2O1. The number of carboxylic acids is 1. The molecule has 2 unspecified atom stereocenters. The number of nitrogens with zero attached hydrogens (tertiary/aromatic N) is 1. The lowest BCUT2D eigenvalue weighted by molar-refractivity contribution is -0.0465. The van der Waals surface area contributed by atoms with Gasteiger partial charge in [-0.15, -0.1) is 0 Å². The summed E-state index contributed by atoms with van der Waals surface area (Å²) < 4.78 is 21.8. The molecule has 0 amide bonds. The van der Waals surface area contributed by atoms with Crippen molar-refractivity contribution >= 4 is 5.97 Å². The summed E-state index contributed by atoms with van der Waals surface area (Å²) in [7, 11) is 1.48. The van der Waals surface area contributed by atoms with E-state index < -0.39 is 18.2 Å². The number of para-hydroxylation sites is 2. The van der Waals surface area contributed by atoms with Crippen LogP contribution in [-0.2, 0) is 4.74 Å². The quantitative estimate of drug-likeness (QED) is 0.919. The summed E-state index contributed by atoms with van der Waals surface area (Å²) in [5.41, 5.74) is -0.177. The Morgan fingerprint density at radius 1 is 1.43 bits per heavy atom. The Balaban J connectivity index is 1.82. The molecule has 1 N–H and O–H groups in total. The molecule has 0 saturated carbocycles. The highest BCUT2D eigenvalue weighted by Crippen LogP contribution is 2.35. The van der Waals surface area contributed by atoms with Gasteiger partial charge in [-0.2, -0.15) is 0 Å². The highest BCUT2D eigenvalue weighted by molar-refractivity contribution is 5.85. The lowest BCUT2D eigenvalue weighted by Crippen LogP contribution is -2.35. The van der Waals surface area contributed by atoms with E-state index in [0.717, 1.165) is 0 Å². The molecule has 110 valence electrons. The fourth-order valence-corrected chi connectivity index (χ4v) is 2.16. The number of aromatic nitrogens is 1. The number of carbonyl (C=O) groups is 1. The molecule has 0 bridgehead atoms. The number of ether oxygens (including phenoxy) is 3. The number of hydrogen-bond donors (Lipinski definition) is 1. The Morgan fingerprint density at radius 2 is 2.19 bits per heavy atom. The Hall–Kier alpha value is -2.54. The molecule has 3 rings (SSSR count). The molecule has 21 heavy (non-hydrogen) atoms. The first-order valence-corrected chi connectivity index (χ1v) is 6.30. The Bertz CT molecular complexity index is 652. The highest BCUT2D eigenvalue weighted by atomic mass is 16.6. The van der Waals surface area contributed by atoms with Crippen LogP contribution in [0.15, 0.2) is 34.9 Å². The van der Waals surface area contributed by atoms with Gasteiger partial charge in [-0.25, -0.2) is 4.79 Å². The largest absolute Gasteiger partial charge is 0.486 e. The smallest absolute Gasteiger partial charge is 0.358 e. The summed E-state index contributed by atoms with van der Waals surface area (Å²) in [6, 6.07) is 8.61. The second-order valence-corrected chi connectivity index (χ2v) is 4.49. The molecule has 0 fully saturated rings. The number of methoxy groups -OCH3 is 1. The van der Waals surface area contributed by atoms with Crippen molar-refractivity contribution in [2.45, 2.75) is 12.2 Å². The van der Waals surface area contributed by atoms with E-state index in [1.54, 1.807) is 6.07 Å². The van der Waals surface area contributed by atoms with Crippen molar-refractivity contribution in [1.29, 1.82) is 0 Å². The second kappa shape index (κ2) is 5.45. The summed E-state index contributed by atoms with van der Waals surface area (Å²) in [6.07, 6.45) is -1.07. The van der Waals surface area contributed by atoms with Gasteiger partial charge in [0, 0.05) is 13.2 Å². The fourth-order valence-electron chi connectivity index (χ4n) is 2.16. The third-order valence-corrected chi connectivity index (χ3v) is 3.15. The lowest BCUT2D eigenvalue weighted by Gasteiger charge is -2.30. The molecular weight excluding hydrogens is 278 g/mol. The van der Waals surface area contributed by atoms with E-state index in [9.17, 15) is 4.79 Å². The lowest BCUT2D eigenvalue weighted by atomic mass is 10.1. The van der Waals surface area contributed by atoms with E-state index in [4.69, 9.17) is 23.8 Å². The normalized spacial score (nSPS) is 18.2. The highest BCUT2D eigenvalue weighted by Gasteiger charge is 2.33. The van der Waals surface area contributed by atoms with Gasteiger partial charge < -0.3 is 23.8 Å². The zero-order valence-electron chi connectivity index (χ0n) is 11.2. The average molecular weight is 291 g/mol. The fraction of sp³-hybridized carbons (Fsp3) is 0.286. The van der Waals surface area contributed by atoms with Crippen molar-refractivity contribution in [3.05, 3.63) is 41.8 Å². The van der Waals surface area contributed by atoms with Gasteiger partial charge in [0.05, 0.1) is 0 Å². The molecule has 1 aliphatic rings. The standard InChI is InChI=1S/C14H13NO6/c1-18-13(11-6-8(14(16)17)15-21-11)12-7-19-9-4-2-3-5-10(9)20-12/h2-6,12-13H,7H2,1H3,(H,16,17). The van der Waals surface area contributed by atoms with Crippen molar-refractivity contribution in [3.8, 4) is 11.5 Å². The topological polar surface area (TPSA) is 91.0 Å². The van der Waals surface area contributed by atoms with Gasteiger partial charge in [0.2, 0.25) is 0 Å². The van der Waals surface area contributed by atoms with Crippen LogP contribution in [0, 0.1) is 0 Å². The van der Waals surface area contributed by atoms with Crippen LogP contribution in [0.5, 0.6) is 11.5 Å². The molecular formula is C14H13NO6. The molecule has 1 aromatic heterocycles. The molecule has 1 aromatic carbocycles. The van der Waals surface area contributed by atoms with Crippen LogP contribution in [0.4, 0.5) is 0 Å². The molecule has 0 aliphatic carbocycles. The Kier molecular flexibility index (Phi) is 3.49. The van der Waals surface area contributed by atoms with E-state index in [1.165, 1.54) is 13.2 Å². The Morgan fingerprint density at radius 3 is 2.86 bits per heavy atom. The molecule has 7 nitrogen and oxygen atoms in total. The molecule has 1 aliphatic heterocycles. The predicted molar refractivity (Wildman–Crippen MR) is 69.6 cm³/mol. The number of carboxylic acid groups (broad SMARTS) is 1. The number of hydrogen-bond acceptors (Lipinski definition) is 6. The first kappa shape index (κ1) is 13.4. The third kappa shape index (κ3) is 2.55. The van der Waals surface area contributed by atoms with Gasteiger partial charge in [-0.3, -0.25) is 0 Å². The van der Waals surface area contributed by atoms with Crippen LogP contribution in [0.25, 0.3) is 0 Å². The first-order chi connectivity index (χ1) is 10.2. The minimum absolute atomic E-state index is 0.177. The summed E-state index contributed by atoms with van der Waals surface area (Å²) in [5, 5.41) is 12.3. The number of rotatable bonds is 4. The van der Waals surface area contributed by atoms with Gasteiger partial charge >= 0.3 is 5.97 Å². The minimum Gasteiger partial charge on any atom is -0.486 e. The number of benzene rings is 1. The van der Waals surface area contributed by atoms with Crippen molar-refractivity contribution < 1.29 is 28.6 Å². The van der Waals surface area contributed by atoms with Gasteiger partial charge in [-0.1, -0.05) is 17.3 Å². The van der Waals surface area contributed by atoms with E-state index >= 15 is 0 Å². The van der Waals surface area contributed by atoms with E-state index in [0.29, 0.717) is 11.5 Å². The van der Waals surface area contributed by atoms with Crippen molar-refractivity contribution in [2.75, 3.05) is 13.7 Å². The summed E-state index contributed by atoms with van der Waals surface area (Å²) in [6.45, 7) is 0.263. The second-order valence-electron chi connectivity index (χ2n) is 4.49. The maximum Gasteiger partial charge on any atom is 0.358 e. The zero-order chi connectivity index (χ0) is 14.8. The molecule has 7 heteroatoms. The minimum atomic E-state index is -1.16.